The molecule has 2 rings (SSSR count). The molecule has 0 aliphatic heterocycles. The average molecular weight is 298 g/mol. The number of halogens is 1. The van der Waals surface area contributed by atoms with Crippen LogP contribution < -0.4 is 5.73 Å². The van der Waals surface area contributed by atoms with Crippen LogP contribution in [-0.2, 0) is 16.0 Å². The van der Waals surface area contributed by atoms with E-state index in [0.29, 0.717) is 48.5 Å². The van der Waals surface area contributed by atoms with Gasteiger partial charge in [-0.3, -0.25) is 0 Å². The standard InChI is InChI=1S/C12H16ClN5O2/c1-19-6-7-20-5-4-18-12(15-16-17-18)10-8-9(13)2-3-11(10)14/h2-3,8H,4-7,14H2,1H3. The molecule has 1 aromatic heterocycles. The predicted octanol–water partition coefficient (Wildman–Crippen LogP) is 1.24. The number of aromatic nitrogens is 4. The van der Waals surface area contributed by atoms with Gasteiger partial charge in [0.1, 0.15) is 0 Å². The van der Waals surface area contributed by atoms with Gasteiger partial charge in [-0.2, -0.15) is 0 Å². The maximum atomic E-state index is 5.98. The SMILES string of the molecule is COCCOCCn1nnnc1-c1cc(Cl)ccc1N. The molecule has 8 heteroatoms. The lowest BCUT2D eigenvalue weighted by atomic mass is 10.1. The first kappa shape index (κ1) is 14.7. The minimum Gasteiger partial charge on any atom is -0.398 e. The number of hydrogen-bond donors (Lipinski definition) is 1. The van der Waals surface area contributed by atoms with Gasteiger partial charge in [-0.15, -0.1) is 5.10 Å². The van der Waals surface area contributed by atoms with E-state index >= 15 is 0 Å². The lowest BCUT2D eigenvalue weighted by Gasteiger charge is -2.08. The van der Waals surface area contributed by atoms with Crippen molar-refractivity contribution in [1.29, 1.82) is 0 Å². The molecular weight excluding hydrogens is 282 g/mol. The zero-order valence-electron chi connectivity index (χ0n) is 11.1. The molecule has 0 unspecified atom stereocenters. The Morgan fingerprint density at radius 3 is 2.95 bits per heavy atom. The number of benzene rings is 1. The molecule has 108 valence electrons. The first-order valence-electron chi connectivity index (χ1n) is 6.10. The second kappa shape index (κ2) is 7.18. The fourth-order valence-corrected chi connectivity index (χ4v) is 1.84. The summed E-state index contributed by atoms with van der Waals surface area (Å²) in [6.45, 7) is 2.11. The zero-order valence-corrected chi connectivity index (χ0v) is 11.9. The highest BCUT2D eigenvalue weighted by atomic mass is 35.5. The Hall–Kier alpha value is -1.70. The van der Waals surface area contributed by atoms with Crippen molar-refractivity contribution >= 4 is 17.3 Å². The minimum absolute atomic E-state index is 0.488. The summed E-state index contributed by atoms with van der Waals surface area (Å²) in [7, 11) is 1.63. The number of tetrazole rings is 1. The molecule has 0 radical (unpaired) electrons. The van der Waals surface area contributed by atoms with Crippen LogP contribution in [-0.4, -0.2) is 47.1 Å². The third-order valence-electron chi connectivity index (χ3n) is 2.67. The lowest BCUT2D eigenvalue weighted by Crippen LogP contribution is -2.12. The van der Waals surface area contributed by atoms with Crippen molar-refractivity contribution in [2.24, 2.45) is 0 Å². The Morgan fingerprint density at radius 2 is 2.15 bits per heavy atom. The number of ether oxygens (including phenoxy) is 2. The number of nitrogens with zero attached hydrogens (tertiary/aromatic N) is 4. The number of nitrogens with two attached hydrogens (primary N) is 1. The highest BCUT2D eigenvalue weighted by molar-refractivity contribution is 6.31. The van der Waals surface area contributed by atoms with Gasteiger partial charge in [0.15, 0.2) is 5.82 Å². The minimum atomic E-state index is 0.488. The van der Waals surface area contributed by atoms with Crippen LogP contribution in [0.15, 0.2) is 18.2 Å². The number of anilines is 1. The van der Waals surface area contributed by atoms with E-state index in [4.69, 9.17) is 26.8 Å². The molecule has 1 aromatic carbocycles. The predicted molar refractivity (Wildman–Crippen MR) is 75.4 cm³/mol. The van der Waals surface area contributed by atoms with Crippen molar-refractivity contribution in [1.82, 2.24) is 20.2 Å². The first-order chi connectivity index (χ1) is 9.72. The Bertz CT molecular complexity index is 561. The van der Waals surface area contributed by atoms with Crippen molar-refractivity contribution in [3.8, 4) is 11.4 Å². The zero-order chi connectivity index (χ0) is 14.4. The van der Waals surface area contributed by atoms with Crippen LogP contribution in [0, 0.1) is 0 Å². The maximum absolute atomic E-state index is 5.98. The molecule has 0 atom stereocenters. The summed E-state index contributed by atoms with van der Waals surface area (Å²) in [5, 5.41) is 12.2. The molecule has 0 saturated carbocycles. The summed E-state index contributed by atoms with van der Waals surface area (Å²) in [4.78, 5) is 0. The molecule has 0 aliphatic rings. The van der Waals surface area contributed by atoms with Crippen LogP contribution in [0.4, 0.5) is 5.69 Å². The summed E-state index contributed by atoms with van der Waals surface area (Å²) in [5.74, 6) is 0.570. The van der Waals surface area contributed by atoms with E-state index in [9.17, 15) is 0 Å². The molecule has 2 N–H and O–H groups in total. The molecule has 2 aromatic rings. The highest BCUT2D eigenvalue weighted by Gasteiger charge is 2.12. The van der Waals surface area contributed by atoms with E-state index in [2.05, 4.69) is 15.5 Å². The maximum Gasteiger partial charge on any atom is 0.184 e. The van der Waals surface area contributed by atoms with E-state index in [1.807, 2.05) is 0 Å². The summed E-state index contributed by atoms with van der Waals surface area (Å²) in [6, 6.07) is 5.19. The lowest BCUT2D eigenvalue weighted by molar-refractivity contribution is 0.0654. The molecule has 0 aliphatic carbocycles. The number of hydrogen-bond acceptors (Lipinski definition) is 6. The number of rotatable bonds is 7. The summed E-state index contributed by atoms with van der Waals surface area (Å²) >= 11 is 5.98. The van der Waals surface area contributed by atoms with Crippen LogP contribution in [0.1, 0.15) is 0 Å². The summed E-state index contributed by atoms with van der Waals surface area (Å²) in [6.07, 6.45) is 0. The van der Waals surface area contributed by atoms with Crippen molar-refractivity contribution in [2.75, 3.05) is 32.7 Å². The Labute approximate surface area is 121 Å². The van der Waals surface area contributed by atoms with Gasteiger partial charge in [0.05, 0.1) is 26.4 Å². The Balaban J connectivity index is 2.06. The van der Waals surface area contributed by atoms with Gasteiger partial charge >= 0.3 is 0 Å². The molecule has 0 saturated heterocycles. The second-order valence-electron chi connectivity index (χ2n) is 4.06. The number of nitrogen functional groups attached to an aromatic ring is 1. The van der Waals surface area contributed by atoms with E-state index < -0.39 is 0 Å². The Morgan fingerprint density at radius 1 is 1.30 bits per heavy atom. The van der Waals surface area contributed by atoms with Gasteiger partial charge in [0.2, 0.25) is 0 Å². The van der Waals surface area contributed by atoms with Crippen LogP contribution in [0.3, 0.4) is 0 Å². The molecule has 1 heterocycles. The Kier molecular flexibility index (Phi) is 5.28. The molecule has 0 amide bonds. The summed E-state index contributed by atoms with van der Waals surface area (Å²) < 4.78 is 11.9. The highest BCUT2D eigenvalue weighted by Crippen LogP contribution is 2.26. The van der Waals surface area contributed by atoms with E-state index in [0.717, 1.165) is 0 Å². The quantitative estimate of drug-likeness (QED) is 0.611. The van der Waals surface area contributed by atoms with Crippen LogP contribution in [0.5, 0.6) is 0 Å². The van der Waals surface area contributed by atoms with Gasteiger partial charge in [-0.1, -0.05) is 11.6 Å². The van der Waals surface area contributed by atoms with Gasteiger partial charge in [-0.05, 0) is 28.6 Å². The number of methoxy groups -OCH3 is 1. The molecule has 0 spiro atoms. The van der Waals surface area contributed by atoms with Crippen molar-refractivity contribution in [2.45, 2.75) is 6.54 Å². The van der Waals surface area contributed by atoms with Gasteiger partial charge in [0.25, 0.3) is 0 Å². The molecular formula is C12H16ClN5O2. The van der Waals surface area contributed by atoms with E-state index in [-0.39, 0.29) is 0 Å². The molecule has 0 fully saturated rings. The molecule has 20 heavy (non-hydrogen) atoms. The van der Waals surface area contributed by atoms with Crippen LogP contribution >= 0.6 is 11.6 Å². The monoisotopic (exact) mass is 297 g/mol. The normalized spacial score (nSPS) is 10.9. The third-order valence-corrected chi connectivity index (χ3v) is 2.90. The van der Waals surface area contributed by atoms with Crippen molar-refractivity contribution in [3.63, 3.8) is 0 Å². The van der Waals surface area contributed by atoms with Crippen molar-refractivity contribution in [3.05, 3.63) is 23.2 Å². The van der Waals surface area contributed by atoms with E-state index in [1.165, 1.54) is 0 Å². The largest absolute Gasteiger partial charge is 0.398 e. The molecule has 0 bridgehead atoms. The summed E-state index contributed by atoms with van der Waals surface area (Å²) in [5.41, 5.74) is 7.21. The van der Waals surface area contributed by atoms with Gasteiger partial charge in [0, 0.05) is 23.4 Å². The van der Waals surface area contributed by atoms with E-state index in [1.54, 1.807) is 30.0 Å². The van der Waals surface area contributed by atoms with Crippen LogP contribution in [0.25, 0.3) is 11.4 Å². The first-order valence-corrected chi connectivity index (χ1v) is 6.48. The fraction of sp³-hybridized carbons (Fsp3) is 0.417. The van der Waals surface area contributed by atoms with Crippen molar-refractivity contribution < 1.29 is 9.47 Å². The van der Waals surface area contributed by atoms with Gasteiger partial charge in [-0.25, -0.2) is 4.68 Å². The average Bonchev–Trinajstić information content (AvgIpc) is 2.89. The van der Waals surface area contributed by atoms with Crippen LogP contribution in [0.2, 0.25) is 5.02 Å². The second-order valence-corrected chi connectivity index (χ2v) is 4.50. The molecule has 7 nitrogen and oxygen atoms in total. The topological polar surface area (TPSA) is 88.1 Å². The fourth-order valence-electron chi connectivity index (χ4n) is 1.67. The van der Waals surface area contributed by atoms with Gasteiger partial charge < -0.3 is 15.2 Å². The third kappa shape index (κ3) is 3.66. The smallest absolute Gasteiger partial charge is 0.184 e.